The van der Waals surface area contributed by atoms with Crippen molar-refractivity contribution in [1.29, 1.82) is 0 Å². The van der Waals surface area contributed by atoms with Gasteiger partial charge in [0.05, 0.1) is 0 Å². The summed E-state index contributed by atoms with van der Waals surface area (Å²) in [5.41, 5.74) is 0. The topological polar surface area (TPSA) is 0 Å². The van der Waals surface area contributed by atoms with Crippen molar-refractivity contribution < 1.29 is 25.2 Å². The van der Waals surface area contributed by atoms with Gasteiger partial charge in [-0.3, -0.25) is 0 Å². The van der Waals surface area contributed by atoms with Crippen LogP contribution in [0.5, 0.6) is 0 Å². The molecule has 20 heavy (non-hydrogen) atoms. The van der Waals surface area contributed by atoms with E-state index in [1.807, 2.05) is 0 Å². The van der Waals surface area contributed by atoms with Crippen molar-refractivity contribution in [2.45, 2.75) is 4.90 Å². The van der Waals surface area contributed by atoms with Gasteiger partial charge in [0.1, 0.15) is 12.5 Å². The van der Waals surface area contributed by atoms with Crippen LogP contribution >= 0.6 is 7.81 Å². The molecule has 0 aliphatic rings. The molecule has 8 heteroatoms. The zero-order valence-corrected chi connectivity index (χ0v) is 12.4. The molecule has 0 N–H and O–H groups in total. The Labute approximate surface area is 115 Å². The van der Waals surface area contributed by atoms with Crippen molar-refractivity contribution in [2.75, 3.05) is 12.5 Å². The third kappa shape index (κ3) is 7.60. The molecule has 0 atom stereocenters. The van der Waals surface area contributed by atoms with Gasteiger partial charge in [0.2, 0.25) is 0 Å². The maximum absolute atomic E-state index is 10.7. The van der Waals surface area contributed by atoms with Crippen LogP contribution in [0.1, 0.15) is 0 Å². The molecule has 114 valence electrons. The van der Waals surface area contributed by atoms with Gasteiger partial charge in [0, 0.05) is 16.3 Å². The summed E-state index contributed by atoms with van der Waals surface area (Å²) < 4.78 is 59.2. The standard InChI is InChI=1S/C12H13S.F6P/c1-13(2)12-9-5-7-10-6-3-4-8-11(10)12;1-7(2,3,4,5)6/h3-9H,1-2H3;/q+1;-1. The molecule has 0 nitrogen and oxygen atoms in total. The van der Waals surface area contributed by atoms with Gasteiger partial charge in [0.25, 0.3) is 0 Å². The molecule has 2 aromatic rings. The van der Waals surface area contributed by atoms with Gasteiger partial charge in [-0.1, -0.05) is 30.3 Å². The fourth-order valence-electron chi connectivity index (χ4n) is 1.55. The van der Waals surface area contributed by atoms with E-state index >= 15 is 0 Å². The normalized spacial score (nSPS) is 15.2. The first-order valence-electron chi connectivity index (χ1n) is 5.36. The van der Waals surface area contributed by atoms with E-state index in [0.717, 1.165) is 0 Å². The number of hydrogen-bond acceptors (Lipinski definition) is 0. The van der Waals surface area contributed by atoms with Gasteiger partial charge in [-0.2, -0.15) is 0 Å². The minimum atomic E-state index is -10.7. The van der Waals surface area contributed by atoms with E-state index in [1.54, 1.807) is 0 Å². The summed E-state index contributed by atoms with van der Waals surface area (Å²) in [5.74, 6) is 0. The van der Waals surface area contributed by atoms with Gasteiger partial charge >= 0.3 is 33.0 Å². The first-order valence-corrected chi connectivity index (χ1v) is 9.43. The van der Waals surface area contributed by atoms with Gasteiger partial charge in [-0.25, -0.2) is 0 Å². The number of halogens is 6. The molecule has 0 spiro atoms. The first kappa shape index (κ1) is 17.1. The number of benzene rings is 2. The van der Waals surface area contributed by atoms with Crippen LogP contribution in [0.3, 0.4) is 0 Å². The zero-order chi connectivity index (χ0) is 15.7. The average molecular weight is 334 g/mol. The number of fused-ring (bicyclic) bond motifs is 1. The van der Waals surface area contributed by atoms with Crippen LogP contribution in [0.2, 0.25) is 0 Å². The Morgan fingerprint density at radius 2 is 1.20 bits per heavy atom. The van der Waals surface area contributed by atoms with Crippen LogP contribution in [0, 0.1) is 0 Å². The van der Waals surface area contributed by atoms with E-state index in [2.05, 4.69) is 55.0 Å². The van der Waals surface area contributed by atoms with Crippen molar-refractivity contribution in [2.24, 2.45) is 0 Å². The van der Waals surface area contributed by atoms with E-state index in [-0.39, 0.29) is 0 Å². The molecule has 0 bridgehead atoms. The second kappa shape index (κ2) is 4.81. The van der Waals surface area contributed by atoms with E-state index in [0.29, 0.717) is 10.9 Å². The quantitative estimate of drug-likeness (QED) is 0.319. The fourth-order valence-corrected chi connectivity index (χ4v) is 2.53. The third-order valence-corrected chi connectivity index (χ3v) is 3.43. The van der Waals surface area contributed by atoms with Crippen molar-refractivity contribution >= 4 is 29.5 Å². The Morgan fingerprint density at radius 1 is 0.750 bits per heavy atom. The van der Waals surface area contributed by atoms with Crippen LogP contribution in [-0.2, 0) is 10.9 Å². The van der Waals surface area contributed by atoms with Crippen LogP contribution < -0.4 is 0 Å². The van der Waals surface area contributed by atoms with Crippen LogP contribution in [0.15, 0.2) is 47.4 Å². The summed E-state index contributed by atoms with van der Waals surface area (Å²) >= 11 is 0. The molecule has 0 radical (unpaired) electrons. The van der Waals surface area contributed by atoms with E-state index in [1.165, 1.54) is 15.7 Å². The Kier molecular flexibility index (Phi) is 4.11. The molecule has 0 saturated heterocycles. The predicted octanol–water partition coefficient (Wildman–Crippen LogP) is 6.46. The Balaban J connectivity index is 0.000000246. The maximum atomic E-state index is 9.87. The molecule has 0 aliphatic heterocycles. The third-order valence-electron chi connectivity index (χ3n) is 2.19. The van der Waals surface area contributed by atoms with Crippen molar-refractivity contribution in [3.8, 4) is 0 Å². The molecule has 2 rings (SSSR count). The molecule has 0 unspecified atom stereocenters. The molecule has 0 aromatic heterocycles. The monoisotopic (exact) mass is 334 g/mol. The zero-order valence-electron chi connectivity index (χ0n) is 10.7. The minimum absolute atomic E-state index is 0.346. The van der Waals surface area contributed by atoms with Crippen LogP contribution in [-0.4, -0.2) is 12.5 Å². The molecular formula is C12H13F6PS. The summed E-state index contributed by atoms with van der Waals surface area (Å²) in [6.45, 7) is 0. The molecular weight excluding hydrogens is 321 g/mol. The van der Waals surface area contributed by atoms with Gasteiger partial charge in [-0.15, -0.1) is 0 Å². The Bertz CT molecular complexity index is 589. The van der Waals surface area contributed by atoms with Gasteiger partial charge in [0.15, 0.2) is 4.90 Å². The van der Waals surface area contributed by atoms with Gasteiger partial charge in [-0.05, 0) is 17.5 Å². The summed E-state index contributed by atoms with van der Waals surface area (Å²) in [6.07, 6.45) is 4.53. The van der Waals surface area contributed by atoms with Crippen molar-refractivity contribution in [1.82, 2.24) is 0 Å². The second-order valence-electron chi connectivity index (χ2n) is 4.25. The SMILES string of the molecule is C[S+](C)c1cccc2ccccc12.F[P-](F)(F)(F)(F)F. The van der Waals surface area contributed by atoms with E-state index in [4.69, 9.17) is 0 Å². The first-order chi connectivity index (χ1) is 8.74. The number of rotatable bonds is 1. The van der Waals surface area contributed by atoms with E-state index in [9.17, 15) is 25.2 Å². The number of hydrogen-bond donors (Lipinski definition) is 0. The summed E-state index contributed by atoms with van der Waals surface area (Å²) in [5, 5.41) is 2.75. The Hall–Kier alpha value is -0.940. The van der Waals surface area contributed by atoms with Crippen molar-refractivity contribution in [3.05, 3.63) is 42.5 Å². The predicted molar refractivity (Wildman–Crippen MR) is 75.0 cm³/mol. The molecule has 0 saturated carbocycles. The molecule has 0 aliphatic carbocycles. The van der Waals surface area contributed by atoms with Gasteiger partial charge < -0.3 is 0 Å². The Morgan fingerprint density at radius 3 is 1.70 bits per heavy atom. The summed E-state index contributed by atoms with van der Waals surface area (Å²) in [7, 11) is -10.3. The molecule has 0 amide bonds. The van der Waals surface area contributed by atoms with Crippen LogP contribution in [0.4, 0.5) is 25.2 Å². The fraction of sp³-hybridized carbons (Fsp3) is 0.167. The summed E-state index contributed by atoms with van der Waals surface area (Å²) in [4.78, 5) is 1.47. The molecule has 0 fully saturated rings. The van der Waals surface area contributed by atoms with E-state index < -0.39 is 7.81 Å². The molecule has 0 heterocycles. The summed E-state index contributed by atoms with van der Waals surface area (Å²) in [6, 6.07) is 15.1. The second-order valence-corrected chi connectivity index (χ2v) is 8.24. The average Bonchev–Trinajstić information content (AvgIpc) is 2.24. The van der Waals surface area contributed by atoms with Crippen molar-refractivity contribution in [3.63, 3.8) is 0 Å². The molecule has 2 aromatic carbocycles. The van der Waals surface area contributed by atoms with Crippen LogP contribution in [0.25, 0.3) is 10.8 Å².